The first-order valence-corrected chi connectivity index (χ1v) is 10.2. The molecule has 0 amide bonds. The molecule has 0 heterocycles. The highest BCUT2D eigenvalue weighted by Gasteiger charge is 2.33. The molecule has 0 bridgehead atoms. The van der Waals surface area contributed by atoms with Crippen molar-refractivity contribution in [2.24, 2.45) is 11.8 Å². The summed E-state index contributed by atoms with van der Waals surface area (Å²) in [7, 11) is 0. The van der Waals surface area contributed by atoms with E-state index < -0.39 is 3.79 Å². The van der Waals surface area contributed by atoms with E-state index in [0.717, 1.165) is 12.8 Å². The number of halogens is 3. The second-order valence-electron chi connectivity index (χ2n) is 6.45. The maximum absolute atomic E-state index is 6.23. The number of alkyl halides is 3. The molecule has 0 N–H and O–H groups in total. The van der Waals surface area contributed by atoms with Crippen molar-refractivity contribution in [1.29, 1.82) is 0 Å². The van der Waals surface area contributed by atoms with Crippen molar-refractivity contribution in [2.45, 2.75) is 102 Å². The molecule has 128 valence electrons. The first-order valence-electron chi connectivity index (χ1n) is 9.02. The molecule has 0 saturated heterocycles. The first-order chi connectivity index (χ1) is 9.95. The van der Waals surface area contributed by atoms with Gasteiger partial charge in [-0.25, -0.2) is 0 Å². The highest BCUT2D eigenvalue weighted by molar-refractivity contribution is 6.67. The fourth-order valence-electron chi connectivity index (χ4n) is 2.97. The van der Waals surface area contributed by atoms with Crippen LogP contribution in [0.5, 0.6) is 0 Å². The minimum Gasteiger partial charge on any atom is -0.0834 e. The van der Waals surface area contributed by atoms with Crippen molar-refractivity contribution < 1.29 is 0 Å². The van der Waals surface area contributed by atoms with Gasteiger partial charge in [0.2, 0.25) is 0 Å². The average molecular weight is 358 g/mol. The van der Waals surface area contributed by atoms with E-state index in [-0.39, 0.29) is 5.92 Å². The third-order valence-corrected chi connectivity index (χ3v) is 5.46. The summed E-state index contributed by atoms with van der Waals surface area (Å²) in [5.41, 5.74) is 0. The lowest BCUT2D eigenvalue weighted by atomic mass is 9.86. The zero-order chi connectivity index (χ0) is 16.1. The van der Waals surface area contributed by atoms with Gasteiger partial charge in [-0.3, -0.25) is 0 Å². The zero-order valence-electron chi connectivity index (χ0n) is 14.3. The maximum atomic E-state index is 6.23. The quantitative estimate of drug-likeness (QED) is 0.229. The Labute approximate surface area is 148 Å². The van der Waals surface area contributed by atoms with Crippen molar-refractivity contribution in [3.8, 4) is 0 Å². The highest BCUT2D eigenvalue weighted by Crippen LogP contribution is 2.42. The SMILES string of the molecule is CCCCCCCCC(CC(CC)CCCC)C(Cl)(Cl)Cl. The number of rotatable bonds is 13. The molecule has 0 nitrogen and oxygen atoms in total. The van der Waals surface area contributed by atoms with Crippen LogP contribution in [0.15, 0.2) is 0 Å². The molecule has 0 aliphatic heterocycles. The van der Waals surface area contributed by atoms with E-state index >= 15 is 0 Å². The third kappa shape index (κ3) is 12.0. The van der Waals surface area contributed by atoms with Gasteiger partial charge in [-0.1, -0.05) is 120 Å². The zero-order valence-corrected chi connectivity index (χ0v) is 16.5. The van der Waals surface area contributed by atoms with Gasteiger partial charge < -0.3 is 0 Å². The molecule has 0 aliphatic carbocycles. The Balaban J connectivity index is 4.14. The van der Waals surface area contributed by atoms with Crippen molar-refractivity contribution >= 4 is 34.8 Å². The molecule has 0 aliphatic rings. The molecule has 0 rings (SSSR count). The van der Waals surface area contributed by atoms with E-state index in [2.05, 4.69) is 20.8 Å². The van der Waals surface area contributed by atoms with E-state index in [1.807, 2.05) is 0 Å². The highest BCUT2D eigenvalue weighted by atomic mass is 35.6. The predicted molar refractivity (Wildman–Crippen MR) is 99.7 cm³/mol. The van der Waals surface area contributed by atoms with Gasteiger partial charge in [0.15, 0.2) is 3.79 Å². The summed E-state index contributed by atoms with van der Waals surface area (Å²) in [5, 5.41) is 0. The Hall–Kier alpha value is 0.870. The molecule has 2 unspecified atom stereocenters. The topological polar surface area (TPSA) is 0 Å². The summed E-state index contributed by atoms with van der Waals surface area (Å²) in [4.78, 5) is 0. The van der Waals surface area contributed by atoms with Crippen molar-refractivity contribution in [3.05, 3.63) is 0 Å². The fourth-order valence-corrected chi connectivity index (χ4v) is 3.56. The van der Waals surface area contributed by atoms with Gasteiger partial charge in [0.25, 0.3) is 0 Å². The van der Waals surface area contributed by atoms with E-state index in [1.165, 1.54) is 64.2 Å². The van der Waals surface area contributed by atoms with Crippen molar-refractivity contribution in [1.82, 2.24) is 0 Å². The second-order valence-corrected chi connectivity index (χ2v) is 8.82. The largest absolute Gasteiger partial charge is 0.193 e. The molecule has 21 heavy (non-hydrogen) atoms. The van der Waals surface area contributed by atoms with Gasteiger partial charge in [0.1, 0.15) is 0 Å². The Morgan fingerprint density at radius 3 is 1.81 bits per heavy atom. The summed E-state index contributed by atoms with van der Waals surface area (Å²) in [6, 6.07) is 0. The number of unbranched alkanes of at least 4 members (excludes halogenated alkanes) is 6. The molecule has 0 spiro atoms. The molecule has 0 aromatic heterocycles. The van der Waals surface area contributed by atoms with Gasteiger partial charge in [-0.15, -0.1) is 0 Å². The summed E-state index contributed by atoms with van der Waals surface area (Å²) < 4.78 is -1.09. The van der Waals surface area contributed by atoms with Gasteiger partial charge in [0, 0.05) is 5.92 Å². The van der Waals surface area contributed by atoms with Gasteiger partial charge >= 0.3 is 0 Å². The lowest BCUT2D eigenvalue weighted by Gasteiger charge is -2.28. The van der Waals surface area contributed by atoms with Gasteiger partial charge in [-0.2, -0.15) is 0 Å². The van der Waals surface area contributed by atoms with Gasteiger partial charge in [0.05, 0.1) is 0 Å². The summed E-state index contributed by atoms with van der Waals surface area (Å²) in [5.74, 6) is 0.932. The van der Waals surface area contributed by atoms with Crippen LogP contribution in [0, 0.1) is 11.8 Å². The summed E-state index contributed by atoms with van der Waals surface area (Å²) >= 11 is 18.7. The second kappa shape index (κ2) is 13.3. The van der Waals surface area contributed by atoms with Crippen molar-refractivity contribution in [3.63, 3.8) is 0 Å². The lowest BCUT2D eigenvalue weighted by molar-refractivity contribution is 0.318. The van der Waals surface area contributed by atoms with Crippen LogP contribution in [-0.2, 0) is 0 Å². The standard InChI is InChI=1S/C18H35Cl3/c1-4-7-9-10-11-12-14-17(18(19,20)21)15-16(6-3)13-8-5-2/h16-17H,4-15H2,1-3H3. The van der Waals surface area contributed by atoms with Crippen molar-refractivity contribution in [2.75, 3.05) is 0 Å². The van der Waals surface area contributed by atoms with Crippen LogP contribution in [0.4, 0.5) is 0 Å². The number of hydrogen-bond acceptors (Lipinski definition) is 0. The molecule has 0 saturated carbocycles. The van der Waals surface area contributed by atoms with E-state index in [4.69, 9.17) is 34.8 Å². The molecule has 0 aromatic carbocycles. The summed E-state index contributed by atoms with van der Waals surface area (Å²) in [6.45, 7) is 6.76. The Morgan fingerprint density at radius 2 is 1.29 bits per heavy atom. The van der Waals surface area contributed by atoms with Crippen LogP contribution in [0.3, 0.4) is 0 Å². The molecule has 0 fully saturated rings. The average Bonchev–Trinajstić information content (AvgIpc) is 2.43. The van der Waals surface area contributed by atoms with Gasteiger partial charge in [-0.05, 0) is 18.8 Å². The van der Waals surface area contributed by atoms with Crippen LogP contribution >= 0.6 is 34.8 Å². The minimum atomic E-state index is -1.09. The third-order valence-electron chi connectivity index (χ3n) is 4.53. The van der Waals surface area contributed by atoms with Crippen LogP contribution in [0.1, 0.15) is 97.8 Å². The summed E-state index contributed by atoms with van der Waals surface area (Å²) in [6.07, 6.45) is 15.0. The normalized spacial score (nSPS) is 15.1. The molecule has 0 radical (unpaired) electrons. The molecular formula is C18H35Cl3. The predicted octanol–water partition coefficient (Wildman–Crippen LogP) is 8.33. The van der Waals surface area contributed by atoms with E-state index in [9.17, 15) is 0 Å². The minimum absolute atomic E-state index is 0.218. The smallest absolute Gasteiger partial charge is 0.0834 e. The van der Waals surface area contributed by atoms with Crippen LogP contribution in [0.25, 0.3) is 0 Å². The molecular weight excluding hydrogens is 323 g/mol. The van der Waals surface area contributed by atoms with Crippen LogP contribution < -0.4 is 0 Å². The molecule has 2 atom stereocenters. The monoisotopic (exact) mass is 356 g/mol. The lowest BCUT2D eigenvalue weighted by Crippen LogP contribution is -2.22. The maximum Gasteiger partial charge on any atom is 0.193 e. The van der Waals surface area contributed by atoms with Crippen LogP contribution in [-0.4, -0.2) is 3.79 Å². The molecule has 0 aromatic rings. The first kappa shape index (κ1) is 21.9. The Morgan fingerprint density at radius 1 is 0.714 bits per heavy atom. The Bertz CT molecular complexity index is 223. The Kier molecular flexibility index (Phi) is 13.9. The van der Waals surface area contributed by atoms with Crippen LogP contribution in [0.2, 0.25) is 0 Å². The van der Waals surface area contributed by atoms with E-state index in [0.29, 0.717) is 5.92 Å². The fraction of sp³-hybridized carbons (Fsp3) is 1.00. The molecule has 3 heteroatoms. The number of hydrogen-bond donors (Lipinski definition) is 0. The van der Waals surface area contributed by atoms with E-state index in [1.54, 1.807) is 0 Å².